The van der Waals surface area contributed by atoms with Crippen molar-refractivity contribution in [3.63, 3.8) is 0 Å². The number of carboxylic acid groups (broad SMARTS) is 1. The fraction of sp³-hybridized carbons (Fsp3) is 0.467. The maximum atomic E-state index is 11.9. The van der Waals surface area contributed by atoms with Crippen molar-refractivity contribution in [3.05, 3.63) is 35.4 Å². The standard InChI is InChI=1S/C15H20N2O4/c1-21-7-6-16-14(18)10-17-9-12-5-3-2-4-11(12)8-13(17)15(19)20/h2-5,13H,6-10H2,1H3,(H,16,18)(H,19,20)/t13-/m0/s1. The molecule has 6 heteroatoms. The summed E-state index contributed by atoms with van der Waals surface area (Å²) < 4.78 is 4.87. The van der Waals surface area contributed by atoms with Crippen LogP contribution < -0.4 is 5.32 Å². The van der Waals surface area contributed by atoms with Gasteiger partial charge in [-0.25, -0.2) is 0 Å². The van der Waals surface area contributed by atoms with E-state index in [4.69, 9.17) is 4.74 Å². The second kappa shape index (κ2) is 7.19. The molecule has 0 unspecified atom stereocenters. The Bertz CT molecular complexity index is 518. The number of carbonyl (C=O) groups is 2. The molecule has 0 saturated heterocycles. The fourth-order valence-corrected chi connectivity index (χ4v) is 2.52. The lowest BCUT2D eigenvalue weighted by atomic mass is 9.94. The van der Waals surface area contributed by atoms with Crippen molar-refractivity contribution >= 4 is 11.9 Å². The average molecular weight is 292 g/mol. The summed E-state index contributed by atoms with van der Waals surface area (Å²) in [5.74, 6) is -1.08. The number of carboxylic acids is 1. The van der Waals surface area contributed by atoms with Crippen LogP contribution in [0.3, 0.4) is 0 Å². The zero-order valence-electron chi connectivity index (χ0n) is 12.0. The Morgan fingerprint density at radius 2 is 2.10 bits per heavy atom. The van der Waals surface area contributed by atoms with E-state index >= 15 is 0 Å². The largest absolute Gasteiger partial charge is 0.480 e. The first-order valence-electron chi connectivity index (χ1n) is 6.91. The summed E-state index contributed by atoms with van der Waals surface area (Å²) in [6.07, 6.45) is 0.427. The van der Waals surface area contributed by atoms with E-state index in [1.165, 1.54) is 0 Å². The fourth-order valence-electron chi connectivity index (χ4n) is 2.52. The smallest absolute Gasteiger partial charge is 0.321 e. The van der Waals surface area contributed by atoms with E-state index in [0.717, 1.165) is 11.1 Å². The number of hydrogen-bond acceptors (Lipinski definition) is 4. The second-order valence-corrected chi connectivity index (χ2v) is 5.07. The van der Waals surface area contributed by atoms with Crippen molar-refractivity contribution in [1.29, 1.82) is 0 Å². The van der Waals surface area contributed by atoms with E-state index in [1.54, 1.807) is 12.0 Å². The zero-order chi connectivity index (χ0) is 15.2. The normalized spacial score (nSPS) is 18.0. The Kier molecular flexibility index (Phi) is 5.30. The number of carbonyl (C=O) groups excluding carboxylic acids is 1. The van der Waals surface area contributed by atoms with Gasteiger partial charge in [-0.3, -0.25) is 14.5 Å². The first kappa shape index (κ1) is 15.5. The molecule has 2 N–H and O–H groups in total. The van der Waals surface area contributed by atoms with Crippen LogP contribution in [0.4, 0.5) is 0 Å². The van der Waals surface area contributed by atoms with Gasteiger partial charge in [0.2, 0.25) is 5.91 Å². The summed E-state index contributed by atoms with van der Waals surface area (Å²) in [6.45, 7) is 1.42. The van der Waals surface area contributed by atoms with Crippen LogP contribution in [0.25, 0.3) is 0 Å². The van der Waals surface area contributed by atoms with Crippen LogP contribution in [0.2, 0.25) is 0 Å². The van der Waals surface area contributed by atoms with Crippen molar-refractivity contribution in [2.24, 2.45) is 0 Å². The lowest BCUT2D eigenvalue weighted by Gasteiger charge is -2.33. The van der Waals surface area contributed by atoms with Crippen LogP contribution in [0.1, 0.15) is 11.1 Å². The maximum Gasteiger partial charge on any atom is 0.321 e. The molecule has 21 heavy (non-hydrogen) atoms. The third-order valence-corrected chi connectivity index (χ3v) is 3.61. The van der Waals surface area contributed by atoms with Gasteiger partial charge in [-0.1, -0.05) is 24.3 Å². The molecule has 114 valence electrons. The third-order valence-electron chi connectivity index (χ3n) is 3.61. The molecule has 1 amide bonds. The summed E-state index contributed by atoms with van der Waals surface area (Å²) >= 11 is 0. The number of rotatable bonds is 6. The van der Waals surface area contributed by atoms with Crippen molar-refractivity contribution in [2.75, 3.05) is 26.8 Å². The minimum atomic E-state index is -0.894. The summed E-state index contributed by atoms with van der Waals surface area (Å²) in [5, 5.41) is 12.1. The lowest BCUT2D eigenvalue weighted by Crippen LogP contribution is -2.49. The van der Waals surface area contributed by atoms with Gasteiger partial charge in [0.15, 0.2) is 0 Å². The average Bonchev–Trinajstić information content (AvgIpc) is 2.46. The first-order chi connectivity index (χ1) is 10.1. The number of hydrogen-bond donors (Lipinski definition) is 2. The predicted molar refractivity (Wildman–Crippen MR) is 76.9 cm³/mol. The van der Waals surface area contributed by atoms with E-state index in [0.29, 0.717) is 26.1 Å². The summed E-state index contributed by atoms with van der Waals surface area (Å²) in [7, 11) is 1.56. The highest BCUT2D eigenvalue weighted by atomic mass is 16.5. The van der Waals surface area contributed by atoms with Gasteiger partial charge in [-0.05, 0) is 17.5 Å². The predicted octanol–water partition coefficient (Wildman–Crippen LogP) is 0.261. The summed E-state index contributed by atoms with van der Waals surface area (Å²) in [6, 6.07) is 7.10. The highest BCUT2D eigenvalue weighted by Gasteiger charge is 2.32. The lowest BCUT2D eigenvalue weighted by molar-refractivity contribution is -0.144. The minimum Gasteiger partial charge on any atom is -0.480 e. The van der Waals surface area contributed by atoms with E-state index in [9.17, 15) is 14.7 Å². The molecule has 1 aliphatic rings. The van der Waals surface area contributed by atoms with Crippen LogP contribution in [-0.4, -0.2) is 54.7 Å². The molecule has 6 nitrogen and oxygen atoms in total. The number of nitrogens with one attached hydrogen (secondary N) is 1. The Hall–Kier alpha value is -1.92. The van der Waals surface area contributed by atoms with E-state index in [2.05, 4.69) is 5.32 Å². The van der Waals surface area contributed by atoms with Crippen molar-refractivity contribution in [3.8, 4) is 0 Å². The van der Waals surface area contributed by atoms with Gasteiger partial charge in [-0.2, -0.15) is 0 Å². The van der Waals surface area contributed by atoms with Gasteiger partial charge in [-0.15, -0.1) is 0 Å². The number of fused-ring (bicyclic) bond motifs is 1. The topological polar surface area (TPSA) is 78.9 Å². The van der Waals surface area contributed by atoms with Crippen LogP contribution in [0.5, 0.6) is 0 Å². The van der Waals surface area contributed by atoms with E-state index in [1.807, 2.05) is 24.3 Å². The number of methoxy groups -OCH3 is 1. The van der Waals surface area contributed by atoms with Crippen LogP contribution in [-0.2, 0) is 27.3 Å². The van der Waals surface area contributed by atoms with Gasteiger partial charge in [0.1, 0.15) is 6.04 Å². The third kappa shape index (κ3) is 4.03. The molecular formula is C15H20N2O4. The first-order valence-corrected chi connectivity index (χ1v) is 6.91. The Balaban J connectivity index is 2.03. The van der Waals surface area contributed by atoms with E-state index in [-0.39, 0.29) is 12.5 Å². The van der Waals surface area contributed by atoms with Crippen molar-refractivity contribution in [1.82, 2.24) is 10.2 Å². The quantitative estimate of drug-likeness (QED) is 0.735. The molecule has 1 atom stereocenters. The molecule has 0 bridgehead atoms. The molecule has 0 radical (unpaired) electrons. The van der Waals surface area contributed by atoms with E-state index < -0.39 is 12.0 Å². The SMILES string of the molecule is COCCNC(=O)CN1Cc2ccccc2C[C@H]1C(=O)O. The molecule has 0 saturated carbocycles. The number of aliphatic carboxylic acids is 1. The second-order valence-electron chi connectivity index (χ2n) is 5.07. The summed E-state index contributed by atoms with van der Waals surface area (Å²) in [5.41, 5.74) is 2.13. The van der Waals surface area contributed by atoms with Crippen LogP contribution in [0, 0.1) is 0 Å². The van der Waals surface area contributed by atoms with Gasteiger partial charge in [0, 0.05) is 20.2 Å². The molecular weight excluding hydrogens is 272 g/mol. The van der Waals surface area contributed by atoms with Gasteiger partial charge < -0.3 is 15.2 Å². The van der Waals surface area contributed by atoms with Crippen LogP contribution in [0.15, 0.2) is 24.3 Å². The molecule has 1 heterocycles. The number of amides is 1. The number of nitrogens with zero attached hydrogens (tertiary/aromatic N) is 1. The molecule has 0 aromatic heterocycles. The molecule has 1 aromatic rings. The molecule has 0 fully saturated rings. The molecule has 1 aromatic carbocycles. The Morgan fingerprint density at radius 3 is 2.76 bits per heavy atom. The summed E-state index contributed by atoms with van der Waals surface area (Å²) in [4.78, 5) is 25.0. The number of ether oxygens (including phenoxy) is 1. The highest BCUT2D eigenvalue weighted by Crippen LogP contribution is 2.23. The highest BCUT2D eigenvalue weighted by molar-refractivity contribution is 5.80. The van der Waals surface area contributed by atoms with Gasteiger partial charge >= 0.3 is 5.97 Å². The van der Waals surface area contributed by atoms with Gasteiger partial charge in [0.05, 0.1) is 13.2 Å². The number of benzene rings is 1. The Morgan fingerprint density at radius 1 is 1.38 bits per heavy atom. The molecule has 0 aliphatic carbocycles. The molecule has 0 spiro atoms. The monoisotopic (exact) mass is 292 g/mol. The molecule has 2 rings (SSSR count). The van der Waals surface area contributed by atoms with Crippen LogP contribution >= 0.6 is 0 Å². The van der Waals surface area contributed by atoms with Crippen molar-refractivity contribution < 1.29 is 19.4 Å². The van der Waals surface area contributed by atoms with Gasteiger partial charge in [0.25, 0.3) is 0 Å². The Labute approximate surface area is 123 Å². The maximum absolute atomic E-state index is 11.9. The minimum absolute atomic E-state index is 0.0784. The molecule has 1 aliphatic heterocycles. The zero-order valence-corrected chi connectivity index (χ0v) is 12.0. The van der Waals surface area contributed by atoms with Crippen molar-refractivity contribution in [2.45, 2.75) is 19.0 Å².